The summed E-state index contributed by atoms with van der Waals surface area (Å²) in [7, 11) is 1.76. The van der Waals surface area contributed by atoms with Gasteiger partial charge >= 0.3 is 0 Å². The van der Waals surface area contributed by atoms with E-state index in [-0.39, 0.29) is 29.3 Å². The van der Waals surface area contributed by atoms with Crippen molar-refractivity contribution in [1.29, 1.82) is 0 Å². The van der Waals surface area contributed by atoms with Gasteiger partial charge in [0.15, 0.2) is 0 Å². The Morgan fingerprint density at radius 3 is 2.28 bits per heavy atom. The number of rotatable bonds is 5. The largest absolute Gasteiger partial charge is 0.393 e. The van der Waals surface area contributed by atoms with Crippen molar-refractivity contribution in [3.63, 3.8) is 0 Å². The van der Waals surface area contributed by atoms with E-state index in [1.54, 1.807) is 36.2 Å². The van der Waals surface area contributed by atoms with Gasteiger partial charge in [0.25, 0.3) is 11.8 Å². The molecule has 1 saturated carbocycles. The molecule has 5 nitrogen and oxygen atoms in total. The van der Waals surface area contributed by atoms with Gasteiger partial charge in [0.1, 0.15) is 0 Å². The third-order valence-electron chi connectivity index (χ3n) is 4.65. The first kappa shape index (κ1) is 19.4. The van der Waals surface area contributed by atoms with E-state index in [0.29, 0.717) is 24.2 Å². The maximum absolute atomic E-state index is 12.5. The molecule has 1 aliphatic rings. The first-order chi connectivity index (χ1) is 11.7. The highest BCUT2D eigenvalue weighted by Crippen LogP contribution is 2.26. The van der Waals surface area contributed by atoms with E-state index >= 15 is 0 Å². The van der Waals surface area contributed by atoms with Gasteiger partial charge in [-0.15, -0.1) is 0 Å². The zero-order chi connectivity index (χ0) is 18.6. The van der Waals surface area contributed by atoms with Crippen LogP contribution in [0.4, 0.5) is 0 Å². The van der Waals surface area contributed by atoms with E-state index in [0.717, 1.165) is 19.3 Å². The average Bonchev–Trinajstić information content (AvgIpc) is 2.96. The summed E-state index contributed by atoms with van der Waals surface area (Å²) < 4.78 is 0. The summed E-state index contributed by atoms with van der Waals surface area (Å²) in [6.07, 6.45) is 2.51. The molecule has 1 fully saturated rings. The Kier molecular flexibility index (Phi) is 6.22. The first-order valence-corrected chi connectivity index (χ1v) is 8.99. The second-order valence-corrected chi connectivity index (χ2v) is 8.26. The standard InChI is InChI=1S/C20H30N2O3/c1-20(2,3)13-21-18(24)14-8-10-15(11-9-14)19(25)22(4)12-16-6-5-7-17(16)23/h8-11,16-17,23H,5-7,12-13H2,1-4H3,(H,21,24). The molecule has 5 heteroatoms. The molecule has 0 spiro atoms. The SMILES string of the molecule is CN(CC1CCCC1O)C(=O)c1ccc(C(=O)NCC(C)(C)C)cc1. The lowest BCUT2D eigenvalue weighted by molar-refractivity contribution is 0.0693. The van der Waals surface area contributed by atoms with Crippen molar-refractivity contribution in [2.24, 2.45) is 11.3 Å². The van der Waals surface area contributed by atoms with Gasteiger partial charge in [-0.2, -0.15) is 0 Å². The molecule has 1 aromatic rings. The number of carbonyl (C=O) groups is 2. The van der Waals surface area contributed by atoms with Crippen molar-refractivity contribution in [2.45, 2.75) is 46.1 Å². The zero-order valence-corrected chi connectivity index (χ0v) is 15.7. The summed E-state index contributed by atoms with van der Waals surface area (Å²) in [5.41, 5.74) is 1.14. The minimum atomic E-state index is -0.302. The van der Waals surface area contributed by atoms with Gasteiger partial charge in [-0.25, -0.2) is 0 Å². The van der Waals surface area contributed by atoms with Crippen LogP contribution >= 0.6 is 0 Å². The van der Waals surface area contributed by atoms with Gasteiger partial charge < -0.3 is 15.3 Å². The second-order valence-electron chi connectivity index (χ2n) is 8.26. The van der Waals surface area contributed by atoms with E-state index in [2.05, 4.69) is 26.1 Å². The molecule has 1 aliphatic carbocycles. The lowest BCUT2D eigenvalue weighted by Gasteiger charge is -2.23. The molecule has 2 rings (SSSR count). The minimum absolute atomic E-state index is 0.0269. The third kappa shape index (κ3) is 5.56. The van der Waals surface area contributed by atoms with Gasteiger partial charge in [0.2, 0.25) is 0 Å². The zero-order valence-electron chi connectivity index (χ0n) is 15.7. The number of aliphatic hydroxyl groups is 1. The van der Waals surface area contributed by atoms with Gasteiger partial charge in [0.05, 0.1) is 6.10 Å². The van der Waals surface area contributed by atoms with Gasteiger partial charge in [0, 0.05) is 37.2 Å². The van der Waals surface area contributed by atoms with Gasteiger partial charge in [-0.05, 0) is 42.5 Å². The van der Waals surface area contributed by atoms with Crippen LogP contribution in [0.1, 0.15) is 60.7 Å². The minimum Gasteiger partial charge on any atom is -0.393 e. The maximum atomic E-state index is 12.5. The van der Waals surface area contributed by atoms with Crippen LogP contribution < -0.4 is 5.32 Å². The van der Waals surface area contributed by atoms with E-state index in [1.807, 2.05) is 0 Å². The normalized spacial score (nSPS) is 20.4. The number of nitrogens with zero attached hydrogens (tertiary/aromatic N) is 1. The summed E-state index contributed by atoms with van der Waals surface area (Å²) in [4.78, 5) is 26.3. The lowest BCUT2D eigenvalue weighted by atomic mass is 9.97. The van der Waals surface area contributed by atoms with E-state index < -0.39 is 0 Å². The third-order valence-corrected chi connectivity index (χ3v) is 4.65. The summed E-state index contributed by atoms with van der Waals surface area (Å²) in [5, 5.41) is 12.8. The number of carbonyl (C=O) groups excluding carboxylic acids is 2. The van der Waals surface area contributed by atoms with Crippen LogP contribution in [0.5, 0.6) is 0 Å². The van der Waals surface area contributed by atoms with Crippen LogP contribution in [-0.4, -0.2) is 48.1 Å². The molecule has 0 radical (unpaired) electrons. The van der Waals surface area contributed by atoms with Crippen LogP contribution in [0.2, 0.25) is 0 Å². The molecule has 0 aromatic heterocycles. The summed E-state index contributed by atoms with van der Waals surface area (Å²) in [5.74, 6) is -0.0477. The summed E-state index contributed by atoms with van der Waals surface area (Å²) in [6.45, 7) is 7.34. The number of nitrogens with one attached hydrogen (secondary N) is 1. The predicted octanol–water partition coefficient (Wildman–Crippen LogP) is 2.70. The van der Waals surface area contributed by atoms with E-state index in [9.17, 15) is 14.7 Å². The maximum Gasteiger partial charge on any atom is 0.253 e. The molecule has 2 amide bonds. The van der Waals surface area contributed by atoms with Crippen molar-refractivity contribution in [3.8, 4) is 0 Å². The molecular weight excluding hydrogens is 316 g/mol. The fraction of sp³-hybridized carbons (Fsp3) is 0.600. The van der Waals surface area contributed by atoms with Crippen molar-refractivity contribution >= 4 is 11.8 Å². The Bertz CT molecular complexity index is 604. The molecule has 1 aromatic carbocycles. The monoisotopic (exact) mass is 346 g/mol. The Morgan fingerprint density at radius 2 is 1.76 bits per heavy atom. The van der Waals surface area contributed by atoms with Crippen LogP contribution in [-0.2, 0) is 0 Å². The molecule has 2 unspecified atom stereocenters. The van der Waals surface area contributed by atoms with E-state index in [4.69, 9.17) is 0 Å². The topological polar surface area (TPSA) is 69.6 Å². The number of hydrogen-bond acceptors (Lipinski definition) is 3. The fourth-order valence-corrected chi connectivity index (χ4v) is 3.10. The highest BCUT2D eigenvalue weighted by Gasteiger charge is 2.27. The summed E-state index contributed by atoms with van der Waals surface area (Å²) >= 11 is 0. The van der Waals surface area contributed by atoms with Crippen molar-refractivity contribution in [3.05, 3.63) is 35.4 Å². The molecule has 0 saturated heterocycles. The fourth-order valence-electron chi connectivity index (χ4n) is 3.10. The molecule has 0 bridgehead atoms. The van der Waals surface area contributed by atoms with Crippen molar-refractivity contribution in [1.82, 2.24) is 10.2 Å². The highest BCUT2D eigenvalue weighted by molar-refractivity contribution is 5.97. The molecule has 138 valence electrons. The number of hydrogen-bond donors (Lipinski definition) is 2. The molecule has 25 heavy (non-hydrogen) atoms. The average molecular weight is 346 g/mol. The molecular formula is C20H30N2O3. The number of amides is 2. The highest BCUT2D eigenvalue weighted by atomic mass is 16.3. The van der Waals surface area contributed by atoms with Gasteiger partial charge in [-0.1, -0.05) is 27.2 Å². The van der Waals surface area contributed by atoms with Gasteiger partial charge in [-0.3, -0.25) is 9.59 Å². The van der Waals surface area contributed by atoms with Crippen LogP contribution in [0.15, 0.2) is 24.3 Å². The Balaban J connectivity index is 1.94. The van der Waals surface area contributed by atoms with E-state index in [1.165, 1.54) is 0 Å². The van der Waals surface area contributed by atoms with Crippen molar-refractivity contribution < 1.29 is 14.7 Å². The quantitative estimate of drug-likeness (QED) is 0.861. The van der Waals surface area contributed by atoms with Crippen LogP contribution in [0.3, 0.4) is 0 Å². The Labute approximate surface area is 150 Å². The molecule has 2 N–H and O–H groups in total. The van der Waals surface area contributed by atoms with Crippen LogP contribution in [0.25, 0.3) is 0 Å². The van der Waals surface area contributed by atoms with Crippen LogP contribution in [0, 0.1) is 11.3 Å². The summed E-state index contributed by atoms with van der Waals surface area (Å²) in [6, 6.07) is 6.75. The Morgan fingerprint density at radius 1 is 1.16 bits per heavy atom. The molecule has 2 atom stereocenters. The Hall–Kier alpha value is -1.88. The van der Waals surface area contributed by atoms with Crippen molar-refractivity contribution in [2.75, 3.05) is 20.1 Å². The first-order valence-electron chi connectivity index (χ1n) is 8.99. The number of aliphatic hydroxyl groups excluding tert-OH is 1. The predicted molar refractivity (Wildman–Crippen MR) is 98.5 cm³/mol. The number of benzene rings is 1. The smallest absolute Gasteiger partial charge is 0.253 e. The lowest BCUT2D eigenvalue weighted by Crippen LogP contribution is -2.34. The molecule has 0 aliphatic heterocycles. The molecule has 0 heterocycles. The second kappa shape index (κ2) is 8.00.